The minimum atomic E-state index is -0.432. The van der Waals surface area contributed by atoms with Crippen LogP contribution in [0.1, 0.15) is 73.1 Å². The Kier molecular flexibility index (Phi) is 7.50. The highest BCUT2D eigenvalue weighted by Crippen LogP contribution is 2.27. The molecule has 0 spiro atoms. The highest BCUT2D eigenvalue weighted by Gasteiger charge is 2.22. The summed E-state index contributed by atoms with van der Waals surface area (Å²) in [7, 11) is 0. The van der Waals surface area contributed by atoms with Gasteiger partial charge in [0, 0.05) is 18.6 Å². The minimum Gasteiger partial charge on any atom is -0.444 e. The summed E-state index contributed by atoms with van der Waals surface area (Å²) in [4.78, 5) is 11.6. The predicted molar refractivity (Wildman–Crippen MR) is 87.5 cm³/mol. The number of amides is 1. The van der Waals surface area contributed by atoms with E-state index in [1.807, 2.05) is 20.8 Å². The molecule has 2 N–H and O–H groups in total. The third-order valence-electron chi connectivity index (χ3n) is 4.02. The Balaban J connectivity index is 2.17. The summed E-state index contributed by atoms with van der Waals surface area (Å²) in [5, 5.41) is 6.46. The summed E-state index contributed by atoms with van der Waals surface area (Å²) >= 11 is 0. The van der Waals surface area contributed by atoms with Crippen LogP contribution in [0.25, 0.3) is 0 Å². The van der Waals surface area contributed by atoms with Gasteiger partial charge < -0.3 is 15.4 Å². The van der Waals surface area contributed by atoms with Crippen molar-refractivity contribution >= 4 is 6.09 Å². The van der Waals surface area contributed by atoms with Crippen molar-refractivity contribution in [3.05, 3.63) is 0 Å². The molecule has 0 bridgehead atoms. The first kappa shape index (κ1) is 18.3. The largest absolute Gasteiger partial charge is 0.444 e. The molecule has 0 radical (unpaired) electrons. The summed E-state index contributed by atoms with van der Waals surface area (Å²) in [5.41, 5.74) is -0.432. The molecule has 1 fully saturated rings. The summed E-state index contributed by atoms with van der Waals surface area (Å²) < 4.78 is 5.24. The van der Waals surface area contributed by atoms with Crippen molar-refractivity contribution in [3.8, 4) is 0 Å². The topological polar surface area (TPSA) is 50.4 Å². The maximum absolute atomic E-state index is 11.6. The Bertz CT molecular complexity index is 304. The summed E-state index contributed by atoms with van der Waals surface area (Å²) in [5.74, 6) is 0.934. The first-order valence-corrected chi connectivity index (χ1v) is 8.53. The van der Waals surface area contributed by atoms with Gasteiger partial charge in [0.15, 0.2) is 0 Å². The van der Waals surface area contributed by atoms with E-state index in [0.717, 1.165) is 5.92 Å². The van der Waals surface area contributed by atoms with Gasteiger partial charge in [-0.3, -0.25) is 0 Å². The maximum Gasteiger partial charge on any atom is 0.407 e. The lowest BCUT2D eigenvalue weighted by Crippen LogP contribution is -2.46. The lowest BCUT2D eigenvalue weighted by molar-refractivity contribution is 0.0522. The fourth-order valence-electron chi connectivity index (χ4n) is 3.04. The highest BCUT2D eigenvalue weighted by molar-refractivity contribution is 5.67. The molecule has 0 aromatic rings. The number of ether oxygens (including phenoxy) is 1. The van der Waals surface area contributed by atoms with Crippen LogP contribution < -0.4 is 10.6 Å². The molecule has 1 atom stereocenters. The molecular formula is C17H34N2O2. The van der Waals surface area contributed by atoms with Crippen LogP contribution >= 0.6 is 0 Å². The molecule has 0 aromatic carbocycles. The van der Waals surface area contributed by atoms with Gasteiger partial charge in [-0.15, -0.1) is 0 Å². The van der Waals surface area contributed by atoms with Gasteiger partial charge in [-0.2, -0.15) is 0 Å². The van der Waals surface area contributed by atoms with Gasteiger partial charge in [-0.05, 0) is 59.3 Å². The van der Waals surface area contributed by atoms with Gasteiger partial charge >= 0.3 is 6.09 Å². The van der Waals surface area contributed by atoms with E-state index in [-0.39, 0.29) is 12.1 Å². The molecule has 1 amide bonds. The van der Waals surface area contributed by atoms with E-state index in [4.69, 9.17) is 4.74 Å². The van der Waals surface area contributed by atoms with E-state index >= 15 is 0 Å². The summed E-state index contributed by atoms with van der Waals surface area (Å²) in [6.45, 7) is 10.6. The minimum absolute atomic E-state index is 0.283. The molecule has 0 heterocycles. The van der Waals surface area contributed by atoms with Crippen molar-refractivity contribution in [1.82, 2.24) is 10.6 Å². The summed E-state index contributed by atoms with van der Waals surface area (Å²) in [6, 6.07) is 0.888. The quantitative estimate of drug-likeness (QED) is 0.783. The first-order valence-electron chi connectivity index (χ1n) is 8.53. The van der Waals surface area contributed by atoms with E-state index in [2.05, 4.69) is 24.5 Å². The number of nitrogens with one attached hydrogen (secondary N) is 2. The molecule has 1 aliphatic carbocycles. The van der Waals surface area contributed by atoms with Crippen LogP contribution in [0.15, 0.2) is 0 Å². The van der Waals surface area contributed by atoms with Crippen molar-refractivity contribution in [3.63, 3.8) is 0 Å². The fraction of sp³-hybridized carbons (Fsp3) is 0.941. The van der Waals surface area contributed by atoms with E-state index in [1.54, 1.807) is 0 Å². The molecule has 1 rings (SSSR count). The van der Waals surface area contributed by atoms with Crippen molar-refractivity contribution in [2.45, 2.75) is 90.8 Å². The van der Waals surface area contributed by atoms with Gasteiger partial charge in [0.05, 0.1) is 0 Å². The predicted octanol–water partition coefficient (Wildman–Crippen LogP) is 3.85. The SMILES string of the molecule is CCCC1CCC(NC(C)CNC(=O)OC(C)(C)C)CC1. The maximum atomic E-state index is 11.6. The Morgan fingerprint density at radius 3 is 2.38 bits per heavy atom. The van der Waals surface area contributed by atoms with Crippen molar-refractivity contribution in [1.29, 1.82) is 0 Å². The number of hydrogen-bond acceptors (Lipinski definition) is 3. The standard InChI is InChI=1S/C17H34N2O2/c1-6-7-14-8-10-15(11-9-14)19-13(2)12-18-16(20)21-17(3,4)5/h13-15,19H,6-12H2,1-5H3,(H,18,20). The van der Waals surface area contributed by atoms with E-state index in [1.165, 1.54) is 38.5 Å². The van der Waals surface area contributed by atoms with Crippen LogP contribution in [-0.4, -0.2) is 30.3 Å². The molecule has 1 saturated carbocycles. The molecule has 21 heavy (non-hydrogen) atoms. The van der Waals surface area contributed by atoms with Crippen LogP contribution in [0.5, 0.6) is 0 Å². The van der Waals surface area contributed by atoms with Crippen LogP contribution in [0.4, 0.5) is 4.79 Å². The van der Waals surface area contributed by atoms with Gasteiger partial charge in [0.25, 0.3) is 0 Å². The second-order valence-corrected chi connectivity index (χ2v) is 7.46. The number of carbonyl (C=O) groups excluding carboxylic acids is 1. The molecule has 0 saturated heterocycles. The molecule has 0 aliphatic heterocycles. The molecule has 124 valence electrons. The number of carbonyl (C=O) groups is 1. The number of rotatable bonds is 6. The van der Waals surface area contributed by atoms with Gasteiger partial charge in [0.1, 0.15) is 5.60 Å². The van der Waals surface area contributed by atoms with Crippen molar-refractivity contribution in [2.24, 2.45) is 5.92 Å². The number of hydrogen-bond donors (Lipinski definition) is 2. The Morgan fingerprint density at radius 1 is 1.24 bits per heavy atom. The van der Waals surface area contributed by atoms with Crippen LogP contribution in [0.3, 0.4) is 0 Å². The zero-order valence-electron chi connectivity index (χ0n) is 14.5. The Hall–Kier alpha value is -0.770. The van der Waals surface area contributed by atoms with E-state index < -0.39 is 5.60 Å². The third-order valence-corrected chi connectivity index (χ3v) is 4.02. The Morgan fingerprint density at radius 2 is 1.86 bits per heavy atom. The molecule has 0 aromatic heterocycles. The molecule has 4 nitrogen and oxygen atoms in total. The Labute approximate surface area is 130 Å². The lowest BCUT2D eigenvalue weighted by atomic mass is 9.83. The third kappa shape index (κ3) is 8.30. The van der Waals surface area contributed by atoms with Crippen molar-refractivity contribution in [2.75, 3.05) is 6.54 Å². The highest BCUT2D eigenvalue weighted by atomic mass is 16.6. The van der Waals surface area contributed by atoms with E-state index in [9.17, 15) is 4.79 Å². The zero-order chi connectivity index (χ0) is 15.9. The lowest BCUT2D eigenvalue weighted by Gasteiger charge is -2.31. The molecule has 1 unspecified atom stereocenters. The van der Waals surface area contributed by atoms with Crippen LogP contribution in [0.2, 0.25) is 0 Å². The van der Waals surface area contributed by atoms with Gasteiger partial charge in [0.2, 0.25) is 0 Å². The van der Waals surface area contributed by atoms with Gasteiger partial charge in [-0.1, -0.05) is 19.8 Å². The monoisotopic (exact) mass is 298 g/mol. The number of alkyl carbamates (subject to hydrolysis) is 1. The smallest absolute Gasteiger partial charge is 0.407 e. The van der Waals surface area contributed by atoms with Crippen molar-refractivity contribution < 1.29 is 9.53 Å². The second-order valence-electron chi connectivity index (χ2n) is 7.46. The van der Waals surface area contributed by atoms with Gasteiger partial charge in [-0.25, -0.2) is 4.79 Å². The van der Waals surface area contributed by atoms with Crippen LogP contribution in [0, 0.1) is 5.92 Å². The second kappa shape index (κ2) is 8.62. The fourth-order valence-corrected chi connectivity index (χ4v) is 3.04. The molecular weight excluding hydrogens is 264 g/mol. The molecule has 1 aliphatic rings. The molecule has 4 heteroatoms. The van der Waals surface area contributed by atoms with Crippen LogP contribution in [-0.2, 0) is 4.74 Å². The zero-order valence-corrected chi connectivity index (χ0v) is 14.5. The normalized spacial score (nSPS) is 24.4. The summed E-state index contributed by atoms with van der Waals surface area (Å²) in [6.07, 6.45) is 7.57. The first-order chi connectivity index (χ1) is 9.80. The average Bonchev–Trinajstić information content (AvgIpc) is 2.37. The van der Waals surface area contributed by atoms with E-state index in [0.29, 0.717) is 12.6 Å². The average molecular weight is 298 g/mol.